The largest absolute Gasteiger partial charge is 0.369 e. The lowest BCUT2D eigenvalue weighted by molar-refractivity contribution is 0.283. The highest BCUT2D eigenvalue weighted by atomic mass is 79.9. The Morgan fingerprint density at radius 3 is 2.38 bits per heavy atom. The second-order valence-electron chi connectivity index (χ2n) is 6.48. The van der Waals surface area contributed by atoms with Crippen LogP contribution in [0.1, 0.15) is 16.7 Å². The number of rotatable bonds is 4. The van der Waals surface area contributed by atoms with Gasteiger partial charge in [-0.1, -0.05) is 58.4 Å². The molecule has 2 nitrogen and oxygen atoms in total. The Kier molecular flexibility index (Phi) is 5.75. The molecule has 2 aromatic carbocycles. The second-order valence-corrected chi connectivity index (χ2v) is 7.50. The minimum Gasteiger partial charge on any atom is -0.369 e. The van der Waals surface area contributed by atoms with Crippen molar-refractivity contribution in [3.8, 4) is 0 Å². The molecule has 1 fully saturated rings. The number of hydrogen-bond acceptors (Lipinski definition) is 2. The van der Waals surface area contributed by atoms with Gasteiger partial charge in [-0.05, 0) is 42.7 Å². The summed E-state index contributed by atoms with van der Waals surface area (Å²) in [5.74, 6) is 0. The second kappa shape index (κ2) is 8.00. The zero-order chi connectivity index (χ0) is 16.9. The van der Waals surface area contributed by atoms with Gasteiger partial charge in [0, 0.05) is 42.9 Å². The third-order valence-corrected chi connectivity index (χ3v) is 5.27. The molecule has 0 radical (unpaired) electrons. The van der Waals surface area contributed by atoms with Crippen molar-refractivity contribution in [1.29, 1.82) is 0 Å². The molecule has 0 atom stereocenters. The molecule has 1 heterocycles. The van der Waals surface area contributed by atoms with Gasteiger partial charge in [0.1, 0.15) is 0 Å². The normalized spacial score (nSPS) is 16.5. The fourth-order valence-electron chi connectivity index (χ4n) is 3.21. The van der Waals surface area contributed by atoms with E-state index in [1.165, 1.54) is 26.9 Å². The number of nitrogens with zero attached hydrogens (tertiary/aromatic N) is 2. The maximum Gasteiger partial charge on any atom is 0.0399 e. The molecule has 0 unspecified atom stereocenters. The fourth-order valence-corrected chi connectivity index (χ4v) is 3.83. The number of benzene rings is 2. The number of hydrogen-bond donors (Lipinski definition) is 0. The Bertz CT molecular complexity index is 701. The molecule has 2 aromatic rings. The van der Waals surface area contributed by atoms with Gasteiger partial charge in [-0.2, -0.15) is 0 Å². The first kappa shape index (κ1) is 17.2. The van der Waals surface area contributed by atoms with Crippen LogP contribution in [0.4, 0.5) is 5.69 Å². The summed E-state index contributed by atoms with van der Waals surface area (Å²) in [6, 6.07) is 17.1. The van der Waals surface area contributed by atoms with Crippen LogP contribution < -0.4 is 4.90 Å². The molecule has 0 N–H and O–H groups in total. The summed E-state index contributed by atoms with van der Waals surface area (Å²) in [6.07, 6.45) is 2.22. The van der Waals surface area contributed by atoms with Crippen molar-refractivity contribution in [2.45, 2.75) is 13.8 Å². The van der Waals surface area contributed by atoms with Crippen LogP contribution in [0.15, 0.2) is 53.0 Å². The number of piperazine rings is 1. The number of anilines is 1. The van der Waals surface area contributed by atoms with Crippen molar-refractivity contribution in [1.82, 2.24) is 4.90 Å². The first-order chi connectivity index (χ1) is 11.6. The zero-order valence-electron chi connectivity index (χ0n) is 14.5. The molecular weight excluding hydrogens is 360 g/mol. The van der Waals surface area contributed by atoms with Crippen molar-refractivity contribution in [2.75, 3.05) is 37.6 Å². The maximum atomic E-state index is 3.74. The molecule has 3 heteroatoms. The maximum absolute atomic E-state index is 3.74. The standard InChI is InChI=1S/C21H25BrN2/c1-17-7-6-10-21(18(17)2)24-13-11-23(12-14-24)16-20(22)15-19-8-4-3-5-9-19/h3-10,15H,11-14,16H2,1-2H3/b20-15-. The molecule has 3 rings (SSSR count). The van der Waals surface area contributed by atoms with E-state index in [9.17, 15) is 0 Å². The van der Waals surface area contributed by atoms with Gasteiger partial charge in [-0.25, -0.2) is 0 Å². The van der Waals surface area contributed by atoms with E-state index in [4.69, 9.17) is 0 Å². The predicted molar refractivity (Wildman–Crippen MR) is 108 cm³/mol. The SMILES string of the molecule is Cc1cccc(N2CCN(C/C(Br)=C/c3ccccc3)CC2)c1C. The smallest absolute Gasteiger partial charge is 0.0399 e. The summed E-state index contributed by atoms with van der Waals surface area (Å²) >= 11 is 3.74. The van der Waals surface area contributed by atoms with Crippen molar-refractivity contribution < 1.29 is 0 Å². The Hall–Kier alpha value is -1.58. The van der Waals surface area contributed by atoms with Crippen molar-refractivity contribution in [3.63, 3.8) is 0 Å². The summed E-state index contributed by atoms with van der Waals surface area (Å²) in [5, 5.41) is 0. The van der Waals surface area contributed by atoms with Crippen LogP contribution in [0.3, 0.4) is 0 Å². The van der Waals surface area contributed by atoms with Gasteiger partial charge in [0.05, 0.1) is 0 Å². The quantitative estimate of drug-likeness (QED) is 0.742. The highest BCUT2D eigenvalue weighted by molar-refractivity contribution is 9.11. The third kappa shape index (κ3) is 4.28. The Labute approximate surface area is 153 Å². The third-order valence-electron chi connectivity index (χ3n) is 4.79. The lowest BCUT2D eigenvalue weighted by Gasteiger charge is -2.37. The first-order valence-electron chi connectivity index (χ1n) is 8.58. The molecule has 126 valence electrons. The van der Waals surface area contributed by atoms with Gasteiger partial charge in [0.25, 0.3) is 0 Å². The molecule has 0 saturated carbocycles. The lowest BCUT2D eigenvalue weighted by atomic mass is 10.1. The van der Waals surface area contributed by atoms with E-state index < -0.39 is 0 Å². The Morgan fingerprint density at radius 1 is 0.958 bits per heavy atom. The molecule has 24 heavy (non-hydrogen) atoms. The van der Waals surface area contributed by atoms with Gasteiger partial charge in [-0.15, -0.1) is 0 Å². The van der Waals surface area contributed by atoms with Crippen molar-refractivity contribution in [3.05, 3.63) is 69.7 Å². The lowest BCUT2D eigenvalue weighted by Crippen LogP contribution is -2.46. The molecular formula is C21H25BrN2. The Morgan fingerprint density at radius 2 is 1.67 bits per heavy atom. The number of halogens is 1. The van der Waals surface area contributed by atoms with E-state index in [1.54, 1.807) is 0 Å². The molecule has 0 aliphatic carbocycles. The molecule has 1 aliphatic heterocycles. The minimum absolute atomic E-state index is 0.982. The van der Waals surface area contributed by atoms with E-state index in [2.05, 4.69) is 94.2 Å². The highest BCUT2D eigenvalue weighted by Crippen LogP contribution is 2.24. The molecule has 0 amide bonds. The highest BCUT2D eigenvalue weighted by Gasteiger charge is 2.19. The molecule has 0 bridgehead atoms. The number of aryl methyl sites for hydroxylation is 1. The van der Waals surface area contributed by atoms with Crippen molar-refractivity contribution >= 4 is 27.7 Å². The molecule has 0 spiro atoms. The van der Waals surface area contributed by atoms with Crippen molar-refractivity contribution in [2.24, 2.45) is 0 Å². The van der Waals surface area contributed by atoms with Crippen LogP contribution in [0.5, 0.6) is 0 Å². The summed E-state index contributed by atoms with van der Waals surface area (Å²) < 4.78 is 1.24. The summed E-state index contributed by atoms with van der Waals surface area (Å²) in [5.41, 5.74) is 5.44. The monoisotopic (exact) mass is 384 g/mol. The van der Waals surface area contributed by atoms with Gasteiger partial charge in [0.2, 0.25) is 0 Å². The average Bonchev–Trinajstić information content (AvgIpc) is 2.59. The average molecular weight is 385 g/mol. The summed E-state index contributed by atoms with van der Waals surface area (Å²) in [7, 11) is 0. The fraction of sp³-hybridized carbons (Fsp3) is 0.333. The molecule has 1 aliphatic rings. The van der Waals surface area contributed by atoms with E-state index in [1.807, 2.05) is 0 Å². The minimum atomic E-state index is 0.982. The molecule has 1 saturated heterocycles. The van der Waals surface area contributed by atoms with Crippen LogP contribution >= 0.6 is 15.9 Å². The first-order valence-corrected chi connectivity index (χ1v) is 9.37. The van der Waals surface area contributed by atoms with E-state index in [0.29, 0.717) is 0 Å². The Balaban J connectivity index is 1.57. The van der Waals surface area contributed by atoms with Crippen LogP contribution in [0, 0.1) is 13.8 Å². The van der Waals surface area contributed by atoms with Crippen LogP contribution in [0.25, 0.3) is 6.08 Å². The predicted octanol–water partition coefficient (Wildman–Crippen LogP) is 4.86. The van der Waals surface area contributed by atoms with Gasteiger partial charge >= 0.3 is 0 Å². The van der Waals surface area contributed by atoms with Gasteiger partial charge in [-0.3, -0.25) is 4.90 Å². The van der Waals surface area contributed by atoms with E-state index in [0.717, 1.165) is 32.7 Å². The van der Waals surface area contributed by atoms with E-state index >= 15 is 0 Å². The summed E-state index contributed by atoms with van der Waals surface area (Å²) in [4.78, 5) is 5.04. The van der Waals surface area contributed by atoms with Gasteiger partial charge in [0.15, 0.2) is 0 Å². The van der Waals surface area contributed by atoms with Gasteiger partial charge < -0.3 is 4.90 Å². The van der Waals surface area contributed by atoms with E-state index in [-0.39, 0.29) is 0 Å². The van der Waals surface area contributed by atoms with Crippen LogP contribution in [-0.4, -0.2) is 37.6 Å². The van der Waals surface area contributed by atoms with Crippen LogP contribution in [-0.2, 0) is 0 Å². The molecule has 0 aromatic heterocycles. The summed E-state index contributed by atoms with van der Waals surface area (Å²) in [6.45, 7) is 9.80. The topological polar surface area (TPSA) is 6.48 Å². The zero-order valence-corrected chi connectivity index (χ0v) is 16.1. The van der Waals surface area contributed by atoms with Crippen LogP contribution in [0.2, 0.25) is 0 Å².